The van der Waals surface area contributed by atoms with E-state index in [1.54, 1.807) is 6.20 Å². The van der Waals surface area contributed by atoms with E-state index < -0.39 is 0 Å². The molecular formula is C10H15N3OS. The maximum Gasteiger partial charge on any atom is 0.265 e. The second kappa shape index (κ2) is 4.28. The molecule has 1 aliphatic rings. The second-order valence-corrected chi connectivity index (χ2v) is 5.04. The van der Waals surface area contributed by atoms with Gasteiger partial charge in [0.1, 0.15) is 4.88 Å². The molecule has 82 valence electrons. The molecule has 0 bridgehead atoms. The van der Waals surface area contributed by atoms with Gasteiger partial charge in [-0.3, -0.25) is 4.79 Å². The van der Waals surface area contributed by atoms with Crippen molar-refractivity contribution in [2.24, 2.45) is 0 Å². The van der Waals surface area contributed by atoms with Crippen LogP contribution in [0.3, 0.4) is 0 Å². The molecule has 1 aliphatic heterocycles. The van der Waals surface area contributed by atoms with Crippen molar-refractivity contribution in [2.75, 3.05) is 20.1 Å². The first-order valence-corrected chi connectivity index (χ1v) is 5.90. The van der Waals surface area contributed by atoms with E-state index in [1.807, 2.05) is 18.9 Å². The molecule has 1 unspecified atom stereocenters. The summed E-state index contributed by atoms with van der Waals surface area (Å²) < 4.78 is 0. The Bertz CT molecular complexity index is 357. The maximum absolute atomic E-state index is 12.0. The molecule has 1 atom stereocenters. The van der Waals surface area contributed by atoms with Crippen molar-refractivity contribution in [2.45, 2.75) is 19.4 Å². The minimum Gasteiger partial charge on any atom is -0.337 e. The van der Waals surface area contributed by atoms with Crippen molar-refractivity contribution in [3.8, 4) is 0 Å². The van der Waals surface area contributed by atoms with Crippen molar-refractivity contribution in [1.29, 1.82) is 0 Å². The zero-order valence-corrected chi connectivity index (χ0v) is 9.80. The SMILES string of the molecule is Cc1ncc(C(=O)N(C)C2CCNC2)s1. The second-order valence-electron chi connectivity index (χ2n) is 3.81. The predicted octanol–water partition coefficient (Wildman–Crippen LogP) is 0.885. The monoisotopic (exact) mass is 225 g/mol. The Kier molecular flexibility index (Phi) is 3.02. The summed E-state index contributed by atoms with van der Waals surface area (Å²) in [5.74, 6) is 0.0919. The van der Waals surface area contributed by atoms with Gasteiger partial charge in [0.2, 0.25) is 0 Å². The molecule has 1 fully saturated rings. The van der Waals surface area contributed by atoms with Crippen LogP contribution in [-0.4, -0.2) is 42.0 Å². The number of aryl methyl sites for hydroxylation is 1. The topological polar surface area (TPSA) is 45.2 Å². The van der Waals surface area contributed by atoms with Crippen LogP contribution in [0.1, 0.15) is 21.1 Å². The van der Waals surface area contributed by atoms with E-state index in [2.05, 4.69) is 10.3 Å². The number of thiazole rings is 1. The Morgan fingerprint density at radius 3 is 3.07 bits per heavy atom. The van der Waals surface area contributed by atoms with Crippen LogP contribution >= 0.6 is 11.3 Å². The number of likely N-dealkylation sites (N-methyl/N-ethyl adjacent to an activating group) is 1. The summed E-state index contributed by atoms with van der Waals surface area (Å²) in [4.78, 5) is 18.7. The first-order valence-electron chi connectivity index (χ1n) is 5.09. The van der Waals surface area contributed by atoms with E-state index in [-0.39, 0.29) is 5.91 Å². The van der Waals surface area contributed by atoms with Gasteiger partial charge in [0, 0.05) is 19.6 Å². The number of aromatic nitrogens is 1. The van der Waals surface area contributed by atoms with Crippen LogP contribution in [0.4, 0.5) is 0 Å². The summed E-state index contributed by atoms with van der Waals surface area (Å²) in [7, 11) is 1.87. The Hall–Kier alpha value is -0.940. The van der Waals surface area contributed by atoms with E-state index >= 15 is 0 Å². The molecule has 2 rings (SSSR count). The average Bonchev–Trinajstić information content (AvgIpc) is 2.85. The van der Waals surface area contributed by atoms with Crippen LogP contribution in [0, 0.1) is 6.92 Å². The fourth-order valence-electron chi connectivity index (χ4n) is 1.77. The molecule has 1 saturated heterocycles. The first kappa shape index (κ1) is 10.6. The van der Waals surface area contributed by atoms with Crippen molar-refractivity contribution in [1.82, 2.24) is 15.2 Å². The normalized spacial score (nSPS) is 20.5. The molecule has 0 spiro atoms. The minimum atomic E-state index is 0.0919. The van der Waals surface area contributed by atoms with E-state index in [0.29, 0.717) is 6.04 Å². The smallest absolute Gasteiger partial charge is 0.265 e. The Labute approximate surface area is 93.3 Å². The third-order valence-electron chi connectivity index (χ3n) is 2.73. The number of nitrogens with one attached hydrogen (secondary N) is 1. The molecule has 4 nitrogen and oxygen atoms in total. The number of hydrogen-bond donors (Lipinski definition) is 1. The molecular weight excluding hydrogens is 210 g/mol. The highest BCUT2D eigenvalue weighted by Gasteiger charge is 2.24. The zero-order valence-electron chi connectivity index (χ0n) is 8.99. The molecule has 1 N–H and O–H groups in total. The van der Waals surface area contributed by atoms with Gasteiger partial charge in [-0.25, -0.2) is 4.98 Å². The number of hydrogen-bond acceptors (Lipinski definition) is 4. The molecule has 1 aromatic rings. The van der Waals surface area contributed by atoms with Crippen LogP contribution in [0.15, 0.2) is 6.20 Å². The number of amides is 1. The molecule has 2 heterocycles. The Morgan fingerprint density at radius 2 is 2.53 bits per heavy atom. The van der Waals surface area contributed by atoms with Gasteiger partial charge in [-0.1, -0.05) is 0 Å². The molecule has 1 amide bonds. The molecule has 0 radical (unpaired) electrons. The lowest BCUT2D eigenvalue weighted by molar-refractivity contribution is 0.0748. The lowest BCUT2D eigenvalue weighted by Crippen LogP contribution is -2.37. The quantitative estimate of drug-likeness (QED) is 0.813. The maximum atomic E-state index is 12.0. The predicted molar refractivity (Wildman–Crippen MR) is 60.2 cm³/mol. The fraction of sp³-hybridized carbons (Fsp3) is 0.600. The van der Waals surface area contributed by atoms with Crippen molar-refractivity contribution >= 4 is 17.2 Å². The third kappa shape index (κ3) is 2.18. The number of carbonyl (C=O) groups excluding carboxylic acids is 1. The van der Waals surface area contributed by atoms with Gasteiger partial charge in [0.05, 0.1) is 11.2 Å². The van der Waals surface area contributed by atoms with Gasteiger partial charge in [0.25, 0.3) is 5.91 Å². The fourth-order valence-corrected chi connectivity index (χ4v) is 2.53. The van der Waals surface area contributed by atoms with Crippen LogP contribution in [0.2, 0.25) is 0 Å². The van der Waals surface area contributed by atoms with Gasteiger partial charge in [0.15, 0.2) is 0 Å². The summed E-state index contributed by atoms with van der Waals surface area (Å²) in [6, 6.07) is 0.333. The molecule has 0 saturated carbocycles. The zero-order chi connectivity index (χ0) is 10.8. The standard InChI is InChI=1S/C10H15N3OS/c1-7-12-6-9(15-7)10(14)13(2)8-3-4-11-5-8/h6,8,11H,3-5H2,1-2H3. The van der Waals surface area contributed by atoms with E-state index in [1.165, 1.54) is 11.3 Å². The van der Waals surface area contributed by atoms with E-state index in [4.69, 9.17) is 0 Å². The summed E-state index contributed by atoms with van der Waals surface area (Å²) >= 11 is 1.46. The summed E-state index contributed by atoms with van der Waals surface area (Å²) in [5.41, 5.74) is 0. The van der Waals surface area contributed by atoms with Crippen LogP contribution in [0.5, 0.6) is 0 Å². The number of rotatable bonds is 2. The molecule has 0 aliphatic carbocycles. The van der Waals surface area contributed by atoms with Gasteiger partial charge in [-0.15, -0.1) is 11.3 Å². The number of nitrogens with zero attached hydrogens (tertiary/aromatic N) is 2. The third-order valence-corrected chi connectivity index (χ3v) is 3.64. The summed E-state index contributed by atoms with van der Waals surface area (Å²) in [6.07, 6.45) is 2.71. The Balaban J connectivity index is 2.06. The summed E-state index contributed by atoms with van der Waals surface area (Å²) in [5, 5.41) is 4.20. The highest BCUT2D eigenvalue weighted by atomic mass is 32.1. The molecule has 1 aromatic heterocycles. The van der Waals surface area contributed by atoms with Crippen LogP contribution in [0.25, 0.3) is 0 Å². The molecule has 5 heteroatoms. The first-order chi connectivity index (χ1) is 7.18. The largest absolute Gasteiger partial charge is 0.337 e. The average molecular weight is 225 g/mol. The Morgan fingerprint density at radius 1 is 1.73 bits per heavy atom. The van der Waals surface area contributed by atoms with Crippen molar-refractivity contribution in [3.63, 3.8) is 0 Å². The molecule has 0 aromatic carbocycles. The summed E-state index contributed by atoms with van der Waals surface area (Å²) in [6.45, 7) is 3.82. The van der Waals surface area contributed by atoms with Gasteiger partial charge in [-0.05, 0) is 19.9 Å². The van der Waals surface area contributed by atoms with Crippen molar-refractivity contribution in [3.05, 3.63) is 16.1 Å². The van der Waals surface area contributed by atoms with Crippen LogP contribution in [-0.2, 0) is 0 Å². The van der Waals surface area contributed by atoms with Gasteiger partial charge >= 0.3 is 0 Å². The lowest BCUT2D eigenvalue weighted by atomic mass is 10.2. The minimum absolute atomic E-state index is 0.0919. The van der Waals surface area contributed by atoms with Gasteiger partial charge in [-0.2, -0.15) is 0 Å². The lowest BCUT2D eigenvalue weighted by Gasteiger charge is -2.22. The highest BCUT2D eigenvalue weighted by molar-refractivity contribution is 7.13. The number of carbonyl (C=O) groups is 1. The van der Waals surface area contributed by atoms with Gasteiger partial charge < -0.3 is 10.2 Å². The van der Waals surface area contributed by atoms with Crippen LogP contribution < -0.4 is 5.32 Å². The highest BCUT2D eigenvalue weighted by Crippen LogP contribution is 2.16. The van der Waals surface area contributed by atoms with E-state index in [0.717, 1.165) is 29.4 Å². The van der Waals surface area contributed by atoms with E-state index in [9.17, 15) is 4.79 Å². The van der Waals surface area contributed by atoms with Crippen molar-refractivity contribution < 1.29 is 4.79 Å². The molecule has 15 heavy (non-hydrogen) atoms.